The zero-order valence-electron chi connectivity index (χ0n) is 14.7. The molecule has 2 unspecified atom stereocenters. The predicted octanol–water partition coefficient (Wildman–Crippen LogP) is 5.72. The summed E-state index contributed by atoms with van der Waals surface area (Å²) in [6.45, 7) is 4.58. The highest BCUT2D eigenvalue weighted by Gasteiger charge is 2.13. The summed E-state index contributed by atoms with van der Waals surface area (Å²) in [5.41, 5.74) is 3.24. The van der Waals surface area contributed by atoms with Gasteiger partial charge in [0, 0.05) is 17.4 Å². The lowest BCUT2D eigenvalue weighted by atomic mass is 9.92. The van der Waals surface area contributed by atoms with E-state index in [0.717, 1.165) is 28.9 Å². The molecule has 0 aromatic heterocycles. The smallest absolute Gasteiger partial charge is 0.303 e. The summed E-state index contributed by atoms with van der Waals surface area (Å²) in [7, 11) is 0. The predicted molar refractivity (Wildman–Crippen MR) is 103 cm³/mol. The third kappa shape index (κ3) is 6.09. The van der Waals surface area contributed by atoms with Crippen LogP contribution in [0.4, 0.5) is 0 Å². The van der Waals surface area contributed by atoms with E-state index in [0.29, 0.717) is 13.0 Å². The average Bonchev–Trinajstić information content (AvgIpc) is 2.60. The summed E-state index contributed by atoms with van der Waals surface area (Å²) in [4.78, 5) is 10.8. The first-order chi connectivity index (χ1) is 12.0. The summed E-state index contributed by atoms with van der Waals surface area (Å²) in [5, 5.41) is 8.98. The van der Waals surface area contributed by atoms with Crippen molar-refractivity contribution in [1.29, 1.82) is 0 Å². The van der Waals surface area contributed by atoms with Crippen molar-refractivity contribution in [2.45, 2.75) is 44.4 Å². The second kappa shape index (κ2) is 9.47. The molecule has 0 spiro atoms. The van der Waals surface area contributed by atoms with Crippen LogP contribution in [0.25, 0.3) is 11.1 Å². The van der Waals surface area contributed by atoms with Crippen molar-refractivity contribution in [3.8, 4) is 16.9 Å². The zero-order chi connectivity index (χ0) is 18.2. The first kappa shape index (κ1) is 19.3. The quantitative estimate of drug-likeness (QED) is 0.582. The molecule has 0 saturated heterocycles. The van der Waals surface area contributed by atoms with Gasteiger partial charge in [-0.1, -0.05) is 43.3 Å². The molecule has 3 nitrogen and oxygen atoms in total. The molecule has 134 valence electrons. The fourth-order valence-corrected chi connectivity index (χ4v) is 2.75. The molecule has 0 aliphatic heterocycles. The number of hydrogen-bond donors (Lipinski definition) is 1. The van der Waals surface area contributed by atoms with Crippen molar-refractivity contribution in [2.24, 2.45) is 0 Å². The molecule has 0 aliphatic carbocycles. The Morgan fingerprint density at radius 1 is 1.12 bits per heavy atom. The second-order valence-corrected chi connectivity index (χ2v) is 7.12. The lowest BCUT2D eigenvalue weighted by Gasteiger charge is -2.17. The van der Waals surface area contributed by atoms with Gasteiger partial charge in [-0.15, -0.1) is 11.6 Å². The fourth-order valence-electron chi connectivity index (χ4n) is 2.66. The second-order valence-electron chi connectivity index (χ2n) is 6.37. The summed E-state index contributed by atoms with van der Waals surface area (Å²) in [6.07, 6.45) is 1.58. The molecule has 2 aromatic carbocycles. The van der Waals surface area contributed by atoms with Crippen molar-refractivity contribution < 1.29 is 14.6 Å². The third-order valence-corrected chi connectivity index (χ3v) is 4.44. The molecule has 0 radical (unpaired) electrons. The summed E-state index contributed by atoms with van der Waals surface area (Å²) in [6, 6.07) is 16.2. The lowest BCUT2D eigenvalue weighted by molar-refractivity contribution is -0.137. The minimum atomic E-state index is -0.759. The molecular formula is C21H25ClO3. The molecule has 0 aliphatic rings. The largest absolute Gasteiger partial charge is 0.493 e. The molecule has 0 heterocycles. The van der Waals surface area contributed by atoms with E-state index >= 15 is 0 Å². The molecule has 0 bridgehead atoms. The van der Waals surface area contributed by atoms with E-state index in [2.05, 4.69) is 25.1 Å². The fraction of sp³-hybridized carbons (Fsp3) is 0.381. The van der Waals surface area contributed by atoms with Gasteiger partial charge in [-0.3, -0.25) is 4.79 Å². The molecule has 2 rings (SSSR count). The van der Waals surface area contributed by atoms with Crippen LogP contribution in [0.5, 0.6) is 5.75 Å². The van der Waals surface area contributed by atoms with E-state index in [1.807, 2.05) is 37.3 Å². The Balaban J connectivity index is 2.26. The van der Waals surface area contributed by atoms with Crippen LogP contribution in [-0.2, 0) is 4.79 Å². The van der Waals surface area contributed by atoms with Gasteiger partial charge in [0.05, 0.1) is 6.61 Å². The van der Waals surface area contributed by atoms with Gasteiger partial charge in [0.2, 0.25) is 0 Å². The molecule has 2 aromatic rings. The standard InChI is InChI=1S/C21H25ClO3/c1-15(8-11-21(23)24)18-9-10-20(25-13-12-16(2)22)19(14-18)17-6-4-3-5-7-17/h3-7,9-10,14-16H,8,11-13H2,1-2H3,(H,23,24). The van der Waals surface area contributed by atoms with Crippen LogP contribution in [0.3, 0.4) is 0 Å². The van der Waals surface area contributed by atoms with Crippen LogP contribution in [0, 0.1) is 0 Å². The van der Waals surface area contributed by atoms with E-state index in [1.54, 1.807) is 0 Å². The van der Waals surface area contributed by atoms with Crippen LogP contribution in [-0.4, -0.2) is 23.1 Å². The van der Waals surface area contributed by atoms with Crippen LogP contribution in [0.15, 0.2) is 48.5 Å². The molecule has 1 N–H and O–H groups in total. The minimum absolute atomic E-state index is 0.0792. The van der Waals surface area contributed by atoms with E-state index in [9.17, 15) is 4.79 Å². The van der Waals surface area contributed by atoms with E-state index in [-0.39, 0.29) is 17.7 Å². The van der Waals surface area contributed by atoms with Crippen molar-refractivity contribution in [3.63, 3.8) is 0 Å². The summed E-state index contributed by atoms with van der Waals surface area (Å²) >= 11 is 6.00. The Morgan fingerprint density at radius 3 is 2.48 bits per heavy atom. The van der Waals surface area contributed by atoms with Gasteiger partial charge >= 0.3 is 5.97 Å². The maximum atomic E-state index is 10.8. The number of carboxylic acid groups (broad SMARTS) is 1. The van der Waals surface area contributed by atoms with Crippen LogP contribution in [0.1, 0.15) is 44.6 Å². The van der Waals surface area contributed by atoms with Crippen LogP contribution in [0.2, 0.25) is 0 Å². The monoisotopic (exact) mass is 360 g/mol. The van der Waals surface area contributed by atoms with Crippen LogP contribution < -0.4 is 4.74 Å². The van der Waals surface area contributed by atoms with E-state index < -0.39 is 5.97 Å². The number of hydrogen-bond acceptors (Lipinski definition) is 2. The number of carboxylic acids is 1. The highest BCUT2D eigenvalue weighted by atomic mass is 35.5. The van der Waals surface area contributed by atoms with Crippen molar-refractivity contribution >= 4 is 17.6 Å². The molecule has 2 atom stereocenters. The van der Waals surface area contributed by atoms with Gasteiger partial charge in [-0.05, 0) is 48.9 Å². The average molecular weight is 361 g/mol. The Kier molecular flexibility index (Phi) is 7.32. The van der Waals surface area contributed by atoms with Crippen molar-refractivity contribution in [2.75, 3.05) is 6.61 Å². The van der Waals surface area contributed by atoms with Gasteiger partial charge in [0.1, 0.15) is 5.75 Å². The van der Waals surface area contributed by atoms with Crippen molar-refractivity contribution in [3.05, 3.63) is 54.1 Å². The lowest BCUT2D eigenvalue weighted by Crippen LogP contribution is -2.05. The Bertz CT molecular complexity index is 683. The van der Waals surface area contributed by atoms with E-state index in [1.165, 1.54) is 0 Å². The number of aliphatic carboxylic acids is 1. The molecule has 4 heteroatoms. The maximum absolute atomic E-state index is 10.8. The van der Waals surface area contributed by atoms with Gasteiger partial charge in [-0.2, -0.15) is 0 Å². The zero-order valence-corrected chi connectivity index (χ0v) is 15.5. The first-order valence-electron chi connectivity index (χ1n) is 8.65. The SMILES string of the molecule is CC(Cl)CCOc1ccc(C(C)CCC(=O)O)cc1-c1ccccc1. The van der Waals surface area contributed by atoms with Crippen LogP contribution >= 0.6 is 11.6 Å². The highest BCUT2D eigenvalue weighted by Crippen LogP contribution is 2.34. The Hall–Kier alpha value is -2.00. The number of ether oxygens (including phenoxy) is 1. The first-order valence-corrected chi connectivity index (χ1v) is 9.09. The molecule has 25 heavy (non-hydrogen) atoms. The number of alkyl halides is 1. The molecule has 0 fully saturated rings. The van der Waals surface area contributed by atoms with Crippen molar-refractivity contribution in [1.82, 2.24) is 0 Å². The Morgan fingerprint density at radius 2 is 1.84 bits per heavy atom. The number of halogens is 1. The minimum Gasteiger partial charge on any atom is -0.493 e. The summed E-state index contributed by atoms with van der Waals surface area (Å²) in [5.74, 6) is 0.249. The van der Waals surface area contributed by atoms with Gasteiger partial charge in [0.25, 0.3) is 0 Å². The van der Waals surface area contributed by atoms with E-state index in [4.69, 9.17) is 21.4 Å². The Labute approximate surface area is 154 Å². The number of benzene rings is 2. The van der Waals surface area contributed by atoms with Gasteiger partial charge < -0.3 is 9.84 Å². The molecule has 0 saturated carbocycles. The maximum Gasteiger partial charge on any atom is 0.303 e. The third-order valence-electron chi connectivity index (χ3n) is 4.22. The molecular weight excluding hydrogens is 336 g/mol. The van der Waals surface area contributed by atoms with Gasteiger partial charge in [-0.25, -0.2) is 0 Å². The molecule has 0 amide bonds. The summed E-state index contributed by atoms with van der Waals surface area (Å²) < 4.78 is 5.96. The van der Waals surface area contributed by atoms with Gasteiger partial charge in [0.15, 0.2) is 0 Å². The normalized spacial score (nSPS) is 13.2. The topological polar surface area (TPSA) is 46.5 Å². The number of carbonyl (C=O) groups is 1. The highest BCUT2D eigenvalue weighted by molar-refractivity contribution is 6.20. The number of rotatable bonds is 9.